The molecule has 3 aromatic rings. The minimum atomic E-state index is 0.600. The van der Waals surface area contributed by atoms with Crippen LogP contribution in [-0.4, -0.2) is 22.8 Å². The summed E-state index contributed by atoms with van der Waals surface area (Å²) in [5, 5.41) is 0. The van der Waals surface area contributed by atoms with E-state index in [1.807, 2.05) is 53.1 Å². The lowest BCUT2D eigenvalue weighted by Gasteiger charge is -2.03. The molecule has 0 saturated carbocycles. The molecule has 0 aliphatic heterocycles. The van der Waals surface area contributed by atoms with Crippen molar-refractivity contribution in [3.63, 3.8) is 0 Å². The van der Waals surface area contributed by atoms with E-state index in [-0.39, 0.29) is 0 Å². The highest BCUT2D eigenvalue weighted by Crippen LogP contribution is 2.18. The van der Waals surface area contributed by atoms with E-state index in [4.69, 9.17) is 4.74 Å². The van der Waals surface area contributed by atoms with E-state index < -0.39 is 0 Å². The van der Waals surface area contributed by atoms with Crippen molar-refractivity contribution in [3.05, 3.63) is 65.6 Å². The maximum absolute atomic E-state index is 11.3. The summed E-state index contributed by atoms with van der Waals surface area (Å²) in [6, 6.07) is 13.5. The number of nitrogens with zero attached hydrogens (tertiary/aromatic N) is 2. The highest BCUT2D eigenvalue weighted by atomic mass is 16.5. The van der Waals surface area contributed by atoms with Crippen LogP contribution in [0.25, 0.3) is 5.65 Å². The highest BCUT2D eigenvalue weighted by Gasteiger charge is 2.11. The van der Waals surface area contributed by atoms with Gasteiger partial charge in [0.25, 0.3) is 0 Å². The molecule has 3 rings (SSSR count). The molecule has 0 radical (unpaired) electrons. The number of aromatic nitrogens is 2. The third-order valence-corrected chi connectivity index (χ3v) is 3.26. The summed E-state index contributed by atoms with van der Waals surface area (Å²) in [4.78, 5) is 15.9. The second kappa shape index (κ2) is 5.17. The van der Waals surface area contributed by atoms with E-state index in [0.717, 1.165) is 28.9 Å². The van der Waals surface area contributed by atoms with Gasteiger partial charge >= 0.3 is 0 Å². The van der Waals surface area contributed by atoms with Gasteiger partial charge in [-0.05, 0) is 29.8 Å². The summed E-state index contributed by atoms with van der Waals surface area (Å²) in [5.74, 6) is 0.805. The molecule has 2 aromatic heterocycles. The van der Waals surface area contributed by atoms with E-state index >= 15 is 0 Å². The van der Waals surface area contributed by atoms with Crippen LogP contribution < -0.4 is 4.74 Å². The first-order valence-electron chi connectivity index (χ1n) is 6.36. The van der Waals surface area contributed by atoms with Crippen LogP contribution in [0.4, 0.5) is 0 Å². The monoisotopic (exact) mass is 266 g/mol. The summed E-state index contributed by atoms with van der Waals surface area (Å²) in [6.07, 6.45) is 3.31. The lowest BCUT2D eigenvalue weighted by molar-refractivity contribution is 0.111. The number of hydrogen-bond acceptors (Lipinski definition) is 3. The van der Waals surface area contributed by atoms with Gasteiger partial charge in [-0.1, -0.05) is 18.2 Å². The van der Waals surface area contributed by atoms with E-state index in [0.29, 0.717) is 12.1 Å². The number of carbonyl (C=O) groups is 1. The number of ether oxygens (including phenoxy) is 1. The first-order chi connectivity index (χ1) is 9.81. The van der Waals surface area contributed by atoms with Crippen molar-refractivity contribution in [2.24, 2.45) is 0 Å². The van der Waals surface area contributed by atoms with Crippen molar-refractivity contribution < 1.29 is 9.53 Å². The Morgan fingerprint density at radius 2 is 2.15 bits per heavy atom. The molecule has 0 aliphatic rings. The van der Waals surface area contributed by atoms with Gasteiger partial charge in [-0.25, -0.2) is 4.98 Å². The van der Waals surface area contributed by atoms with Crippen molar-refractivity contribution in [3.8, 4) is 5.75 Å². The molecule has 2 heterocycles. The zero-order valence-corrected chi connectivity index (χ0v) is 11.1. The molecular weight excluding hydrogens is 252 g/mol. The van der Waals surface area contributed by atoms with E-state index in [9.17, 15) is 4.79 Å². The van der Waals surface area contributed by atoms with Crippen LogP contribution in [0.5, 0.6) is 5.75 Å². The van der Waals surface area contributed by atoms with Crippen molar-refractivity contribution in [1.29, 1.82) is 0 Å². The van der Waals surface area contributed by atoms with Crippen LogP contribution >= 0.6 is 0 Å². The van der Waals surface area contributed by atoms with Crippen LogP contribution in [0.2, 0.25) is 0 Å². The summed E-state index contributed by atoms with van der Waals surface area (Å²) in [5.41, 5.74) is 3.23. The van der Waals surface area contributed by atoms with Crippen molar-refractivity contribution in [1.82, 2.24) is 9.38 Å². The van der Waals surface area contributed by atoms with Gasteiger partial charge in [-0.2, -0.15) is 0 Å². The number of benzene rings is 1. The molecule has 0 N–H and O–H groups in total. The maximum Gasteiger partial charge on any atom is 0.168 e. The predicted molar refractivity (Wildman–Crippen MR) is 76.4 cm³/mol. The fraction of sp³-hybridized carbons (Fsp3) is 0.125. The largest absolute Gasteiger partial charge is 0.497 e. The highest BCUT2D eigenvalue weighted by molar-refractivity contribution is 5.76. The zero-order chi connectivity index (χ0) is 13.9. The average Bonchev–Trinajstić information content (AvgIpc) is 2.84. The molecule has 0 spiro atoms. The van der Waals surface area contributed by atoms with Gasteiger partial charge in [0.15, 0.2) is 6.29 Å². The zero-order valence-electron chi connectivity index (χ0n) is 11.1. The van der Waals surface area contributed by atoms with Gasteiger partial charge in [-0.15, -0.1) is 0 Å². The topological polar surface area (TPSA) is 43.6 Å². The summed E-state index contributed by atoms with van der Waals surface area (Å²) in [6.45, 7) is 0. The molecular formula is C16H14N2O2. The lowest BCUT2D eigenvalue weighted by Crippen LogP contribution is -1.96. The van der Waals surface area contributed by atoms with E-state index in [1.54, 1.807) is 7.11 Å². The Labute approximate surface area is 116 Å². The molecule has 0 unspecified atom stereocenters. The number of fused-ring (bicyclic) bond motifs is 1. The van der Waals surface area contributed by atoms with Crippen molar-refractivity contribution in [2.45, 2.75) is 6.42 Å². The quantitative estimate of drug-likeness (QED) is 0.682. The fourth-order valence-corrected chi connectivity index (χ4v) is 2.29. The molecule has 20 heavy (non-hydrogen) atoms. The second-order valence-electron chi connectivity index (χ2n) is 4.52. The van der Waals surface area contributed by atoms with Crippen molar-refractivity contribution in [2.75, 3.05) is 7.11 Å². The number of imidazole rings is 1. The Bertz CT molecular complexity index is 762. The standard InChI is InChI=1S/C16H14N2O2/c1-20-13-6-4-5-12(9-13)10-14-15(11-19)18-8-3-2-7-16(18)17-14/h2-9,11H,10H2,1H3. The number of pyridine rings is 1. The SMILES string of the molecule is COc1cccc(Cc2nc3ccccn3c2C=O)c1. The Hall–Kier alpha value is -2.62. The molecule has 0 atom stereocenters. The normalized spacial score (nSPS) is 10.7. The molecule has 0 bridgehead atoms. The Kier molecular flexibility index (Phi) is 3.21. The number of rotatable bonds is 4. The molecule has 4 heteroatoms. The Morgan fingerprint density at radius 1 is 1.25 bits per heavy atom. The third kappa shape index (κ3) is 2.16. The second-order valence-corrected chi connectivity index (χ2v) is 4.52. The molecule has 100 valence electrons. The van der Waals surface area contributed by atoms with Gasteiger partial charge in [0.2, 0.25) is 0 Å². The first-order valence-corrected chi connectivity index (χ1v) is 6.36. The summed E-state index contributed by atoms with van der Waals surface area (Å²) >= 11 is 0. The molecule has 4 nitrogen and oxygen atoms in total. The van der Waals surface area contributed by atoms with E-state index in [1.165, 1.54) is 0 Å². The van der Waals surface area contributed by atoms with Gasteiger partial charge < -0.3 is 4.74 Å². The van der Waals surface area contributed by atoms with Crippen LogP contribution in [0.15, 0.2) is 48.7 Å². The molecule has 0 saturated heterocycles. The van der Waals surface area contributed by atoms with Gasteiger partial charge in [0.05, 0.1) is 12.8 Å². The molecule has 0 amide bonds. The number of hydrogen-bond donors (Lipinski definition) is 0. The first kappa shape index (κ1) is 12.4. The lowest BCUT2D eigenvalue weighted by atomic mass is 10.1. The average molecular weight is 266 g/mol. The number of methoxy groups -OCH3 is 1. The summed E-state index contributed by atoms with van der Waals surface area (Å²) < 4.78 is 7.02. The van der Waals surface area contributed by atoms with Crippen LogP contribution in [0.1, 0.15) is 21.7 Å². The number of carbonyl (C=O) groups excluding carboxylic acids is 1. The fourth-order valence-electron chi connectivity index (χ4n) is 2.29. The third-order valence-electron chi connectivity index (χ3n) is 3.26. The molecule has 0 fully saturated rings. The minimum absolute atomic E-state index is 0.600. The predicted octanol–water partition coefficient (Wildman–Crippen LogP) is 2.75. The maximum atomic E-state index is 11.3. The minimum Gasteiger partial charge on any atom is -0.497 e. The van der Waals surface area contributed by atoms with Crippen molar-refractivity contribution >= 4 is 11.9 Å². The van der Waals surface area contributed by atoms with E-state index in [2.05, 4.69) is 4.98 Å². The van der Waals surface area contributed by atoms with Gasteiger partial charge in [0.1, 0.15) is 17.1 Å². The molecule has 0 aliphatic carbocycles. The Morgan fingerprint density at radius 3 is 2.95 bits per heavy atom. The van der Waals surface area contributed by atoms with Crippen LogP contribution in [-0.2, 0) is 6.42 Å². The molecule has 1 aromatic carbocycles. The van der Waals surface area contributed by atoms with Crippen LogP contribution in [0, 0.1) is 0 Å². The summed E-state index contributed by atoms with van der Waals surface area (Å²) in [7, 11) is 1.64. The van der Waals surface area contributed by atoms with Gasteiger partial charge in [0, 0.05) is 12.6 Å². The van der Waals surface area contributed by atoms with Crippen LogP contribution in [0.3, 0.4) is 0 Å². The van der Waals surface area contributed by atoms with Gasteiger partial charge in [-0.3, -0.25) is 9.20 Å². The Balaban J connectivity index is 2.03. The smallest absolute Gasteiger partial charge is 0.168 e. The number of aldehydes is 1.